The molecule has 0 heterocycles. The SMILES string of the molecule is CCCCO.Cc1ccccc1S(=O)(=O)O.[Fe]. The Balaban J connectivity index is 0. The standard InChI is InChI=1S/C7H8O3S.C4H10O.Fe/c1-6-4-2-3-5-7(6)11(8,9)10;1-2-3-4-5;/h2-5H,1H3,(H,8,9,10);5H,2-4H2,1H3;. The quantitative estimate of drug-likeness (QED) is 0.661. The molecule has 0 saturated heterocycles. The maximum atomic E-state index is 10.6. The molecule has 0 aliphatic carbocycles. The molecule has 0 amide bonds. The van der Waals surface area contributed by atoms with Gasteiger partial charge < -0.3 is 5.11 Å². The number of benzene rings is 1. The average molecular weight is 302 g/mol. The summed E-state index contributed by atoms with van der Waals surface area (Å²) in [6.45, 7) is 4.02. The van der Waals surface area contributed by atoms with Crippen LogP contribution < -0.4 is 0 Å². The van der Waals surface area contributed by atoms with Gasteiger partial charge in [0.1, 0.15) is 0 Å². The first-order chi connectivity index (χ1) is 7.43. The van der Waals surface area contributed by atoms with Gasteiger partial charge >= 0.3 is 0 Å². The molecular formula is C11H18FeO4S. The molecule has 0 unspecified atom stereocenters. The number of unbranched alkanes of at least 4 members (excludes halogenated alkanes) is 1. The Labute approximate surface area is 113 Å². The molecule has 1 aromatic carbocycles. The van der Waals surface area contributed by atoms with Crippen LogP contribution in [0.3, 0.4) is 0 Å². The van der Waals surface area contributed by atoms with Crippen molar-refractivity contribution in [1.82, 2.24) is 0 Å². The van der Waals surface area contributed by atoms with Crippen LogP contribution in [0.5, 0.6) is 0 Å². The van der Waals surface area contributed by atoms with Crippen LogP contribution in [0, 0.1) is 6.92 Å². The minimum absolute atomic E-state index is 0. The summed E-state index contributed by atoms with van der Waals surface area (Å²) in [5, 5.41) is 8.07. The Hall–Kier alpha value is -0.391. The molecule has 0 fully saturated rings. The van der Waals surface area contributed by atoms with Crippen molar-refractivity contribution in [2.75, 3.05) is 6.61 Å². The summed E-state index contributed by atoms with van der Waals surface area (Å²) < 4.78 is 29.9. The summed E-state index contributed by atoms with van der Waals surface area (Å²) in [7, 11) is -4.03. The van der Waals surface area contributed by atoms with E-state index >= 15 is 0 Å². The summed E-state index contributed by atoms with van der Waals surface area (Å²) in [5.74, 6) is 0. The van der Waals surface area contributed by atoms with Gasteiger partial charge in [0, 0.05) is 23.7 Å². The number of aliphatic hydroxyl groups excluding tert-OH is 1. The second-order valence-corrected chi connectivity index (χ2v) is 4.71. The van der Waals surface area contributed by atoms with Crippen molar-refractivity contribution >= 4 is 10.1 Å². The van der Waals surface area contributed by atoms with Crippen molar-refractivity contribution in [3.63, 3.8) is 0 Å². The van der Waals surface area contributed by atoms with Gasteiger partial charge in [-0.3, -0.25) is 4.55 Å². The fourth-order valence-electron chi connectivity index (χ4n) is 1.00. The predicted molar refractivity (Wildman–Crippen MR) is 63.0 cm³/mol. The van der Waals surface area contributed by atoms with E-state index in [9.17, 15) is 8.42 Å². The fraction of sp³-hybridized carbons (Fsp3) is 0.455. The van der Waals surface area contributed by atoms with E-state index in [2.05, 4.69) is 6.92 Å². The third kappa shape index (κ3) is 8.35. The van der Waals surface area contributed by atoms with E-state index in [1.165, 1.54) is 6.07 Å². The number of hydrogen-bond donors (Lipinski definition) is 2. The normalized spacial score (nSPS) is 9.88. The summed E-state index contributed by atoms with van der Waals surface area (Å²) in [6, 6.07) is 6.27. The average Bonchev–Trinajstić information content (AvgIpc) is 2.19. The molecule has 0 radical (unpaired) electrons. The van der Waals surface area contributed by atoms with Crippen LogP contribution in [0.15, 0.2) is 29.2 Å². The minimum atomic E-state index is -4.03. The van der Waals surface area contributed by atoms with Gasteiger partial charge in [-0.1, -0.05) is 31.5 Å². The summed E-state index contributed by atoms with van der Waals surface area (Å²) in [6.07, 6.45) is 2.04. The van der Waals surface area contributed by atoms with Crippen molar-refractivity contribution in [1.29, 1.82) is 0 Å². The Morgan fingerprint density at radius 2 is 1.76 bits per heavy atom. The second-order valence-electron chi connectivity index (χ2n) is 3.32. The van der Waals surface area contributed by atoms with Gasteiger partial charge in [-0.25, -0.2) is 0 Å². The molecule has 0 atom stereocenters. The van der Waals surface area contributed by atoms with E-state index in [1.54, 1.807) is 25.1 Å². The first-order valence-corrected chi connectivity index (χ1v) is 6.51. The van der Waals surface area contributed by atoms with Crippen molar-refractivity contribution in [2.45, 2.75) is 31.6 Å². The first-order valence-electron chi connectivity index (χ1n) is 5.07. The van der Waals surface area contributed by atoms with Gasteiger partial charge in [0.05, 0.1) is 4.90 Å². The molecule has 17 heavy (non-hydrogen) atoms. The molecule has 0 bridgehead atoms. The number of hydrogen-bond acceptors (Lipinski definition) is 3. The Morgan fingerprint density at radius 3 is 2.00 bits per heavy atom. The summed E-state index contributed by atoms with van der Waals surface area (Å²) >= 11 is 0. The molecule has 4 nitrogen and oxygen atoms in total. The summed E-state index contributed by atoms with van der Waals surface area (Å²) in [5.41, 5.74) is 0.551. The van der Waals surface area contributed by atoms with Crippen molar-refractivity contribution in [3.8, 4) is 0 Å². The zero-order chi connectivity index (χ0) is 12.6. The van der Waals surface area contributed by atoms with Crippen LogP contribution >= 0.6 is 0 Å². The van der Waals surface area contributed by atoms with Gasteiger partial charge in [-0.05, 0) is 25.0 Å². The van der Waals surface area contributed by atoms with Crippen LogP contribution in [0.2, 0.25) is 0 Å². The van der Waals surface area contributed by atoms with Gasteiger partial charge in [0.25, 0.3) is 10.1 Å². The molecule has 0 aliphatic heterocycles. The molecule has 0 aliphatic rings. The minimum Gasteiger partial charge on any atom is -0.396 e. The monoisotopic (exact) mass is 302 g/mol. The molecular weight excluding hydrogens is 284 g/mol. The largest absolute Gasteiger partial charge is 0.396 e. The zero-order valence-corrected chi connectivity index (χ0v) is 11.8. The van der Waals surface area contributed by atoms with E-state index in [-0.39, 0.29) is 22.0 Å². The molecule has 0 spiro atoms. The number of rotatable bonds is 3. The molecule has 6 heteroatoms. The summed E-state index contributed by atoms with van der Waals surface area (Å²) in [4.78, 5) is -0.0278. The second kappa shape index (κ2) is 9.62. The third-order valence-electron chi connectivity index (χ3n) is 1.88. The van der Waals surface area contributed by atoms with Crippen LogP contribution in [-0.4, -0.2) is 24.7 Å². The Morgan fingerprint density at radius 1 is 1.24 bits per heavy atom. The van der Waals surface area contributed by atoms with Crippen molar-refractivity contribution < 1.29 is 35.1 Å². The Kier molecular flexibility index (Phi) is 10.7. The van der Waals surface area contributed by atoms with Gasteiger partial charge in [0.2, 0.25) is 0 Å². The topological polar surface area (TPSA) is 74.6 Å². The molecule has 0 aromatic heterocycles. The zero-order valence-electron chi connectivity index (χ0n) is 9.90. The van der Waals surface area contributed by atoms with Gasteiger partial charge in [0.15, 0.2) is 0 Å². The van der Waals surface area contributed by atoms with Gasteiger partial charge in [-0.15, -0.1) is 0 Å². The number of aliphatic hydroxyl groups is 1. The van der Waals surface area contributed by atoms with E-state index in [4.69, 9.17) is 9.66 Å². The van der Waals surface area contributed by atoms with E-state index < -0.39 is 10.1 Å². The smallest absolute Gasteiger partial charge is 0.294 e. The van der Waals surface area contributed by atoms with E-state index in [1.807, 2.05) is 0 Å². The van der Waals surface area contributed by atoms with Crippen molar-refractivity contribution in [3.05, 3.63) is 29.8 Å². The van der Waals surface area contributed by atoms with Crippen LogP contribution in [-0.2, 0) is 27.2 Å². The first kappa shape index (κ1) is 19.0. The predicted octanol–water partition coefficient (Wildman–Crippen LogP) is 2.02. The maximum absolute atomic E-state index is 10.6. The number of aryl methyl sites for hydroxylation is 1. The molecule has 2 N–H and O–H groups in total. The molecule has 1 rings (SSSR count). The van der Waals surface area contributed by atoms with Crippen LogP contribution in [0.25, 0.3) is 0 Å². The fourth-order valence-corrected chi connectivity index (χ4v) is 1.73. The van der Waals surface area contributed by atoms with Crippen LogP contribution in [0.4, 0.5) is 0 Å². The van der Waals surface area contributed by atoms with Gasteiger partial charge in [-0.2, -0.15) is 8.42 Å². The maximum Gasteiger partial charge on any atom is 0.294 e. The molecule has 100 valence electrons. The van der Waals surface area contributed by atoms with Crippen LogP contribution in [0.1, 0.15) is 25.3 Å². The van der Waals surface area contributed by atoms with Crippen molar-refractivity contribution in [2.24, 2.45) is 0 Å². The molecule has 1 aromatic rings. The Bertz CT molecular complexity index is 402. The third-order valence-corrected chi connectivity index (χ3v) is 2.90. The molecule has 0 saturated carbocycles. The van der Waals surface area contributed by atoms with E-state index in [0.29, 0.717) is 12.2 Å². The van der Waals surface area contributed by atoms with E-state index in [0.717, 1.165) is 12.8 Å².